The van der Waals surface area contributed by atoms with Crippen LogP contribution in [-0.2, 0) is 17.9 Å². The normalized spacial score (nSPS) is 10.9. The minimum Gasteiger partial charge on any atom is -0.392 e. The Morgan fingerprint density at radius 3 is 2.56 bits per heavy atom. The van der Waals surface area contributed by atoms with Gasteiger partial charge in [0.2, 0.25) is 0 Å². The first kappa shape index (κ1) is 18.5. The summed E-state index contributed by atoms with van der Waals surface area (Å²) >= 11 is 5.93. The predicted molar refractivity (Wildman–Crippen MR) is 97.7 cm³/mol. The third kappa shape index (κ3) is 5.35. The molecule has 0 aliphatic carbocycles. The van der Waals surface area contributed by atoms with Gasteiger partial charge >= 0.3 is 0 Å². The van der Waals surface area contributed by atoms with Gasteiger partial charge in [-0.1, -0.05) is 41.9 Å². The largest absolute Gasteiger partial charge is 0.392 e. The highest BCUT2D eigenvalue weighted by Gasteiger charge is 2.11. The topological polar surface area (TPSA) is 85.2 Å². The Hall–Kier alpha value is -2.81. The number of benzene rings is 2. The molecule has 0 unspecified atom stereocenters. The summed E-state index contributed by atoms with van der Waals surface area (Å²) in [6.07, 6.45) is 1.38. The average molecular weight is 356 g/mol. The lowest BCUT2D eigenvalue weighted by Crippen LogP contribution is -2.17. The zero-order valence-corrected chi connectivity index (χ0v) is 14.5. The van der Waals surface area contributed by atoms with Crippen LogP contribution in [0.2, 0.25) is 5.02 Å². The van der Waals surface area contributed by atoms with E-state index in [2.05, 4.69) is 10.6 Å². The van der Waals surface area contributed by atoms with Crippen molar-refractivity contribution in [3.63, 3.8) is 0 Å². The standard InChI is InChI=1S/C19H18ClN3O2/c1-13-2-7-17(20)8-18(13)23-19(25)16(9-21)11-22-10-14-3-5-15(12-24)6-4-14/h2-8,11,22,24H,10,12H2,1H3,(H,23,25)/b16-11-. The fourth-order valence-electron chi connectivity index (χ4n) is 2.10. The van der Waals surface area contributed by atoms with Crippen molar-refractivity contribution in [2.45, 2.75) is 20.1 Å². The van der Waals surface area contributed by atoms with Crippen LogP contribution in [0.5, 0.6) is 0 Å². The lowest BCUT2D eigenvalue weighted by atomic mass is 10.1. The van der Waals surface area contributed by atoms with E-state index in [0.29, 0.717) is 17.3 Å². The molecule has 2 aromatic rings. The van der Waals surface area contributed by atoms with Crippen LogP contribution in [0.1, 0.15) is 16.7 Å². The number of halogens is 1. The van der Waals surface area contributed by atoms with Crippen LogP contribution >= 0.6 is 11.6 Å². The first-order chi connectivity index (χ1) is 12.0. The van der Waals surface area contributed by atoms with Crippen LogP contribution in [0.3, 0.4) is 0 Å². The van der Waals surface area contributed by atoms with E-state index < -0.39 is 5.91 Å². The van der Waals surface area contributed by atoms with Gasteiger partial charge in [0.25, 0.3) is 5.91 Å². The second-order valence-corrected chi connectivity index (χ2v) is 5.88. The minimum absolute atomic E-state index is 0.00468. The number of aliphatic hydroxyl groups excluding tert-OH is 1. The fourth-order valence-corrected chi connectivity index (χ4v) is 2.27. The molecule has 0 saturated carbocycles. The molecule has 2 rings (SSSR count). The van der Waals surface area contributed by atoms with Gasteiger partial charge in [-0.2, -0.15) is 5.26 Å². The molecule has 0 saturated heterocycles. The number of anilines is 1. The van der Waals surface area contributed by atoms with E-state index in [-0.39, 0.29) is 12.2 Å². The van der Waals surface area contributed by atoms with Gasteiger partial charge in [0.05, 0.1) is 6.61 Å². The van der Waals surface area contributed by atoms with Crippen LogP contribution in [-0.4, -0.2) is 11.0 Å². The Labute approximate surface area is 151 Å². The van der Waals surface area contributed by atoms with E-state index in [4.69, 9.17) is 16.7 Å². The van der Waals surface area contributed by atoms with Gasteiger partial charge in [-0.3, -0.25) is 4.79 Å². The van der Waals surface area contributed by atoms with Crippen molar-refractivity contribution in [3.8, 4) is 6.07 Å². The second kappa shape index (κ2) is 8.88. The summed E-state index contributed by atoms with van der Waals surface area (Å²) < 4.78 is 0. The molecule has 5 nitrogen and oxygen atoms in total. The summed E-state index contributed by atoms with van der Waals surface area (Å²) in [5.74, 6) is -0.504. The Kier molecular flexibility index (Phi) is 6.58. The average Bonchev–Trinajstić information content (AvgIpc) is 2.62. The van der Waals surface area contributed by atoms with Crippen LogP contribution in [0.4, 0.5) is 5.69 Å². The van der Waals surface area contributed by atoms with Gasteiger partial charge in [0, 0.05) is 23.5 Å². The molecule has 0 aromatic heterocycles. The van der Waals surface area contributed by atoms with Gasteiger partial charge in [-0.25, -0.2) is 0 Å². The number of rotatable bonds is 6. The Bertz CT molecular complexity index is 824. The molecule has 2 aromatic carbocycles. The highest BCUT2D eigenvalue weighted by molar-refractivity contribution is 6.31. The number of nitriles is 1. The van der Waals surface area contributed by atoms with Gasteiger partial charge < -0.3 is 15.7 Å². The molecule has 3 N–H and O–H groups in total. The summed E-state index contributed by atoms with van der Waals surface area (Å²) in [5.41, 5.74) is 3.18. The molecule has 0 fully saturated rings. The number of hydrogen-bond acceptors (Lipinski definition) is 4. The number of carbonyl (C=O) groups excluding carboxylic acids is 1. The Morgan fingerprint density at radius 2 is 1.92 bits per heavy atom. The van der Waals surface area contributed by atoms with E-state index in [1.165, 1.54) is 6.20 Å². The maximum Gasteiger partial charge on any atom is 0.267 e. The van der Waals surface area contributed by atoms with E-state index >= 15 is 0 Å². The summed E-state index contributed by atoms with van der Waals surface area (Å²) in [5, 5.41) is 24.3. The zero-order valence-electron chi connectivity index (χ0n) is 13.7. The molecule has 0 aliphatic heterocycles. The van der Waals surface area contributed by atoms with Gasteiger partial charge in [0.15, 0.2) is 0 Å². The van der Waals surface area contributed by atoms with Crippen molar-refractivity contribution >= 4 is 23.2 Å². The van der Waals surface area contributed by atoms with Gasteiger partial charge in [-0.15, -0.1) is 0 Å². The highest BCUT2D eigenvalue weighted by Crippen LogP contribution is 2.20. The number of aliphatic hydroxyl groups is 1. The summed E-state index contributed by atoms with van der Waals surface area (Å²) in [6, 6.07) is 14.4. The Morgan fingerprint density at radius 1 is 1.24 bits per heavy atom. The summed E-state index contributed by atoms with van der Waals surface area (Å²) in [6.45, 7) is 2.30. The predicted octanol–water partition coefficient (Wildman–Crippen LogP) is 3.28. The van der Waals surface area contributed by atoms with Crippen molar-refractivity contribution in [2.24, 2.45) is 0 Å². The number of aryl methyl sites for hydroxylation is 1. The molecule has 0 aliphatic rings. The number of amides is 1. The maximum atomic E-state index is 12.2. The molecule has 0 atom stereocenters. The van der Waals surface area contributed by atoms with Crippen LogP contribution in [0.25, 0.3) is 0 Å². The molecule has 0 spiro atoms. The lowest BCUT2D eigenvalue weighted by molar-refractivity contribution is -0.112. The molecule has 25 heavy (non-hydrogen) atoms. The molecule has 0 heterocycles. The molecule has 0 radical (unpaired) electrons. The van der Waals surface area contributed by atoms with Gasteiger partial charge in [-0.05, 0) is 35.7 Å². The summed E-state index contributed by atoms with van der Waals surface area (Å²) in [7, 11) is 0. The van der Waals surface area contributed by atoms with E-state index in [1.54, 1.807) is 18.2 Å². The molecular formula is C19H18ClN3O2. The number of nitrogens with one attached hydrogen (secondary N) is 2. The second-order valence-electron chi connectivity index (χ2n) is 5.44. The van der Waals surface area contributed by atoms with Crippen LogP contribution in [0.15, 0.2) is 54.2 Å². The first-order valence-corrected chi connectivity index (χ1v) is 8.01. The van der Waals surface area contributed by atoms with Crippen molar-refractivity contribution in [2.75, 3.05) is 5.32 Å². The SMILES string of the molecule is Cc1ccc(Cl)cc1NC(=O)/C(C#N)=C\NCc1ccc(CO)cc1. The summed E-state index contributed by atoms with van der Waals surface area (Å²) in [4.78, 5) is 12.2. The number of nitrogens with zero attached hydrogens (tertiary/aromatic N) is 1. The molecule has 6 heteroatoms. The van der Waals surface area contributed by atoms with Crippen LogP contribution in [0, 0.1) is 18.3 Å². The maximum absolute atomic E-state index is 12.2. The molecular weight excluding hydrogens is 338 g/mol. The fraction of sp³-hybridized carbons (Fsp3) is 0.158. The van der Waals surface area contributed by atoms with Gasteiger partial charge in [0.1, 0.15) is 11.6 Å². The van der Waals surface area contributed by atoms with Crippen LogP contribution < -0.4 is 10.6 Å². The van der Waals surface area contributed by atoms with Crippen molar-refractivity contribution in [1.82, 2.24) is 5.32 Å². The van der Waals surface area contributed by atoms with E-state index in [0.717, 1.165) is 16.7 Å². The molecule has 128 valence electrons. The van der Waals surface area contributed by atoms with Crippen molar-refractivity contribution in [3.05, 3.63) is 76.0 Å². The molecule has 0 bridgehead atoms. The minimum atomic E-state index is -0.504. The molecule has 1 amide bonds. The van der Waals surface area contributed by atoms with E-state index in [1.807, 2.05) is 37.3 Å². The lowest BCUT2D eigenvalue weighted by Gasteiger charge is -2.08. The van der Waals surface area contributed by atoms with E-state index in [9.17, 15) is 10.1 Å². The quantitative estimate of drug-likeness (QED) is 0.548. The first-order valence-electron chi connectivity index (χ1n) is 7.63. The third-order valence-electron chi connectivity index (χ3n) is 3.57. The van der Waals surface area contributed by atoms with Crippen molar-refractivity contribution in [1.29, 1.82) is 5.26 Å². The Balaban J connectivity index is 2.00. The highest BCUT2D eigenvalue weighted by atomic mass is 35.5. The number of hydrogen-bond donors (Lipinski definition) is 3. The smallest absolute Gasteiger partial charge is 0.267 e. The number of carbonyl (C=O) groups is 1. The van der Waals surface area contributed by atoms with Crippen molar-refractivity contribution < 1.29 is 9.90 Å². The monoisotopic (exact) mass is 355 g/mol. The zero-order chi connectivity index (χ0) is 18.2. The third-order valence-corrected chi connectivity index (χ3v) is 3.81.